The third-order valence-corrected chi connectivity index (χ3v) is 5.09. The van der Waals surface area contributed by atoms with E-state index in [-0.39, 0.29) is 11.9 Å². The number of hydrogen-bond acceptors (Lipinski definition) is 4. The molecular weight excluding hydrogens is 364 g/mol. The monoisotopic (exact) mass is 386 g/mol. The van der Waals surface area contributed by atoms with Gasteiger partial charge in [0.2, 0.25) is 11.8 Å². The van der Waals surface area contributed by atoms with E-state index in [1.54, 1.807) is 24.3 Å². The predicted molar refractivity (Wildman–Crippen MR) is 108 cm³/mol. The van der Waals surface area contributed by atoms with Crippen molar-refractivity contribution < 1.29 is 9.59 Å². The molecule has 0 spiro atoms. The van der Waals surface area contributed by atoms with Gasteiger partial charge in [-0.2, -0.15) is 0 Å². The molecular formula is C20H23ClN4O2. The molecule has 1 aliphatic heterocycles. The van der Waals surface area contributed by atoms with E-state index in [9.17, 15) is 9.59 Å². The van der Waals surface area contributed by atoms with Crippen molar-refractivity contribution in [1.82, 2.24) is 4.90 Å². The summed E-state index contributed by atoms with van der Waals surface area (Å²) in [5.74, 6) is -0.558. The highest BCUT2D eigenvalue weighted by Gasteiger charge is 2.25. The van der Waals surface area contributed by atoms with E-state index < -0.39 is 5.91 Å². The Labute approximate surface area is 163 Å². The molecule has 0 aromatic heterocycles. The molecule has 142 valence electrons. The van der Waals surface area contributed by atoms with Crippen LogP contribution in [0.2, 0.25) is 5.02 Å². The molecule has 2 amide bonds. The Hall–Kier alpha value is -2.57. The second kappa shape index (κ2) is 8.41. The summed E-state index contributed by atoms with van der Waals surface area (Å²) in [7, 11) is 0. The molecule has 0 unspecified atom stereocenters. The van der Waals surface area contributed by atoms with Crippen molar-refractivity contribution in [2.45, 2.75) is 13.0 Å². The number of nitrogens with two attached hydrogens (primary N) is 1. The molecule has 1 heterocycles. The van der Waals surface area contributed by atoms with Gasteiger partial charge in [-0.1, -0.05) is 17.7 Å². The molecule has 6 nitrogen and oxygen atoms in total. The second-order valence-corrected chi connectivity index (χ2v) is 7.05. The van der Waals surface area contributed by atoms with E-state index in [4.69, 9.17) is 17.3 Å². The molecule has 27 heavy (non-hydrogen) atoms. The van der Waals surface area contributed by atoms with Gasteiger partial charge in [0, 0.05) is 48.1 Å². The molecule has 1 aliphatic rings. The number of primary amides is 1. The van der Waals surface area contributed by atoms with Gasteiger partial charge in [0.25, 0.3) is 0 Å². The molecule has 0 radical (unpaired) electrons. The normalized spacial score (nSPS) is 16.0. The summed E-state index contributed by atoms with van der Waals surface area (Å²) < 4.78 is 0. The van der Waals surface area contributed by atoms with E-state index in [1.807, 2.05) is 31.2 Å². The fraction of sp³-hybridized carbons (Fsp3) is 0.300. The molecule has 0 bridgehead atoms. The molecule has 7 heteroatoms. The van der Waals surface area contributed by atoms with Crippen LogP contribution in [0.1, 0.15) is 17.3 Å². The first-order chi connectivity index (χ1) is 12.9. The molecule has 3 rings (SSSR count). The lowest BCUT2D eigenvalue weighted by molar-refractivity contribution is -0.120. The lowest BCUT2D eigenvalue weighted by Crippen LogP contribution is -2.52. The molecule has 0 saturated carbocycles. The van der Waals surface area contributed by atoms with Crippen LogP contribution in [0.15, 0.2) is 48.5 Å². The molecule has 2 aromatic rings. The van der Waals surface area contributed by atoms with E-state index in [1.165, 1.54) is 0 Å². The SMILES string of the molecule is C[C@H](C(=O)Nc1ccc(C(N)=O)cc1)N1CCN(c2cccc(Cl)c2)CC1. The number of halogens is 1. The summed E-state index contributed by atoms with van der Waals surface area (Å²) in [5.41, 5.74) is 7.40. The van der Waals surface area contributed by atoms with E-state index in [0.717, 1.165) is 36.9 Å². The highest BCUT2D eigenvalue weighted by Crippen LogP contribution is 2.21. The number of nitrogens with zero attached hydrogens (tertiary/aromatic N) is 2. The van der Waals surface area contributed by atoms with Gasteiger partial charge >= 0.3 is 0 Å². The zero-order valence-corrected chi connectivity index (χ0v) is 15.9. The third-order valence-electron chi connectivity index (χ3n) is 4.85. The van der Waals surface area contributed by atoms with Crippen molar-refractivity contribution in [3.05, 3.63) is 59.1 Å². The molecule has 0 aliphatic carbocycles. The second-order valence-electron chi connectivity index (χ2n) is 6.61. The molecule has 2 aromatic carbocycles. The number of hydrogen-bond donors (Lipinski definition) is 2. The van der Waals surface area contributed by atoms with E-state index >= 15 is 0 Å². The van der Waals surface area contributed by atoms with Crippen molar-refractivity contribution in [3.8, 4) is 0 Å². The van der Waals surface area contributed by atoms with Crippen molar-refractivity contribution in [1.29, 1.82) is 0 Å². The summed E-state index contributed by atoms with van der Waals surface area (Å²) in [6.07, 6.45) is 0. The van der Waals surface area contributed by atoms with E-state index in [2.05, 4.69) is 15.1 Å². The quantitative estimate of drug-likeness (QED) is 0.827. The van der Waals surface area contributed by atoms with Gasteiger partial charge in [-0.3, -0.25) is 14.5 Å². The highest BCUT2D eigenvalue weighted by atomic mass is 35.5. The minimum atomic E-state index is -0.487. The molecule has 1 saturated heterocycles. The zero-order chi connectivity index (χ0) is 19.4. The van der Waals surface area contributed by atoms with Gasteiger partial charge in [0.1, 0.15) is 0 Å². The number of nitrogens with one attached hydrogen (secondary N) is 1. The first-order valence-electron chi connectivity index (χ1n) is 8.89. The fourth-order valence-electron chi connectivity index (χ4n) is 3.17. The summed E-state index contributed by atoms with van der Waals surface area (Å²) in [6, 6.07) is 14.1. The average Bonchev–Trinajstić information content (AvgIpc) is 2.68. The highest BCUT2D eigenvalue weighted by molar-refractivity contribution is 6.30. The Morgan fingerprint density at radius 3 is 2.33 bits per heavy atom. The van der Waals surface area contributed by atoms with Crippen LogP contribution in [0.3, 0.4) is 0 Å². The summed E-state index contributed by atoms with van der Waals surface area (Å²) in [5, 5.41) is 3.62. The number of carbonyl (C=O) groups excluding carboxylic acids is 2. The smallest absolute Gasteiger partial charge is 0.248 e. The van der Waals surface area contributed by atoms with Crippen molar-refractivity contribution in [3.63, 3.8) is 0 Å². The molecule has 3 N–H and O–H groups in total. The van der Waals surface area contributed by atoms with Crippen LogP contribution in [0, 0.1) is 0 Å². The van der Waals surface area contributed by atoms with Crippen molar-refractivity contribution in [2.24, 2.45) is 5.73 Å². The molecule has 1 fully saturated rings. The Morgan fingerprint density at radius 2 is 1.74 bits per heavy atom. The Morgan fingerprint density at radius 1 is 1.07 bits per heavy atom. The van der Waals surface area contributed by atoms with Crippen molar-refractivity contribution in [2.75, 3.05) is 36.4 Å². The largest absolute Gasteiger partial charge is 0.369 e. The predicted octanol–water partition coefficient (Wildman–Crippen LogP) is 2.59. The third kappa shape index (κ3) is 4.78. The van der Waals surface area contributed by atoms with Gasteiger partial charge in [0.05, 0.1) is 6.04 Å². The van der Waals surface area contributed by atoms with Crippen LogP contribution in [-0.4, -0.2) is 48.9 Å². The van der Waals surface area contributed by atoms with Crippen LogP contribution < -0.4 is 16.0 Å². The van der Waals surface area contributed by atoms with Crippen LogP contribution >= 0.6 is 11.6 Å². The zero-order valence-electron chi connectivity index (χ0n) is 15.2. The van der Waals surface area contributed by atoms with Crippen LogP contribution in [0.4, 0.5) is 11.4 Å². The Kier molecular flexibility index (Phi) is 5.98. The number of carbonyl (C=O) groups is 2. The first kappa shape index (κ1) is 19.2. The number of piperazine rings is 1. The van der Waals surface area contributed by atoms with Crippen LogP contribution in [0.25, 0.3) is 0 Å². The summed E-state index contributed by atoms with van der Waals surface area (Å²) in [4.78, 5) is 28.1. The maximum absolute atomic E-state index is 12.6. The first-order valence-corrected chi connectivity index (χ1v) is 9.27. The van der Waals surface area contributed by atoms with Crippen molar-refractivity contribution >= 4 is 34.8 Å². The summed E-state index contributed by atoms with van der Waals surface area (Å²) >= 11 is 6.07. The number of rotatable bonds is 5. The maximum atomic E-state index is 12.6. The minimum absolute atomic E-state index is 0.0713. The Balaban J connectivity index is 1.54. The number of anilines is 2. The van der Waals surface area contributed by atoms with Crippen LogP contribution in [-0.2, 0) is 4.79 Å². The topological polar surface area (TPSA) is 78.7 Å². The minimum Gasteiger partial charge on any atom is -0.369 e. The van der Waals surface area contributed by atoms with Gasteiger partial charge in [-0.05, 0) is 49.4 Å². The van der Waals surface area contributed by atoms with Gasteiger partial charge in [0.15, 0.2) is 0 Å². The Bertz CT molecular complexity index is 817. The maximum Gasteiger partial charge on any atom is 0.248 e. The standard InChI is InChI=1S/C20H23ClN4O2/c1-14(20(27)23-17-7-5-15(6-8-17)19(22)26)24-9-11-25(12-10-24)18-4-2-3-16(21)13-18/h2-8,13-14H,9-12H2,1H3,(H2,22,26)(H,23,27)/t14-/m1/s1. The van der Waals surface area contributed by atoms with Gasteiger partial charge < -0.3 is 16.0 Å². The van der Waals surface area contributed by atoms with Gasteiger partial charge in [-0.15, -0.1) is 0 Å². The lowest BCUT2D eigenvalue weighted by Gasteiger charge is -2.38. The number of benzene rings is 2. The van der Waals surface area contributed by atoms with Gasteiger partial charge in [-0.25, -0.2) is 0 Å². The fourth-order valence-corrected chi connectivity index (χ4v) is 3.36. The van der Waals surface area contributed by atoms with Crippen LogP contribution in [0.5, 0.6) is 0 Å². The summed E-state index contributed by atoms with van der Waals surface area (Å²) in [6.45, 7) is 5.17. The lowest BCUT2D eigenvalue weighted by atomic mass is 10.1. The number of amides is 2. The average molecular weight is 387 g/mol. The molecule has 1 atom stereocenters. The van der Waals surface area contributed by atoms with E-state index in [0.29, 0.717) is 11.3 Å².